The van der Waals surface area contributed by atoms with Crippen molar-refractivity contribution in [3.8, 4) is 0 Å². The smallest absolute Gasteiger partial charge is 0.233 e. The van der Waals surface area contributed by atoms with Crippen LogP contribution in [-0.2, 0) is 6.42 Å². The highest BCUT2D eigenvalue weighted by molar-refractivity contribution is 9.10. The third-order valence-electron chi connectivity index (χ3n) is 2.55. The van der Waals surface area contributed by atoms with E-state index in [1.165, 1.54) is 0 Å². The van der Waals surface area contributed by atoms with Crippen LogP contribution in [0.4, 0.5) is 0 Å². The van der Waals surface area contributed by atoms with E-state index in [4.69, 9.17) is 4.42 Å². The van der Waals surface area contributed by atoms with Crippen LogP contribution in [0.5, 0.6) is 0 Å². The van der Waals surface area contributed by atoms with Crippen molar-refractivity contribution in [2.45, 2.75) is 19.4 Å². The predicted octanol–water partition coefficient (Wildman–Crippen LogP) is 2.70. The van der Waals surface area contributed by atoms with Crippen LogP contribution in [0.3, 0.4) is 0 Å². The minimum Gasteiger partial charge on any atom is -0.423 e. The zero-order valence-corrected chi connectivity index (χ0v) is 11.4. The van der Waals surface area contributed by atoms with Crippen molar-refractivity contribution in [3.05, 3.63) is 46.1 Å². The molecular formula is C12H14BrN3O. The lowest BCUT2D eigenvalue weighted by molar-refractivity contribution is 0.410. The van der Waals surface area contributed by atoms with Gasteiger partial charge in [0.1, 0.15) is 0 Å². The Morgan fingerprint density at radius 1 is 1.29 bits per heavy atom. The molecule has 0 aliphatic carbocycles. The first-order valence-corrected chi connectivity index (χ1v) is 6.22. The molecule has 0 fully saturated rings. The summed E-state index contributed by atoms with van der Waals surface area (Å²) in [5, 5.41) is 11.1. The molecule has 0 aliphatic rings. The quantitative estimate of drug-likeness (QED) is 0.942. The van der Waals surface area contributed by atoms with Gasteiger partial charge in [0.15, 0.2) is 0 Å². The summed E-state index contributed by atoms with van der Waals surface area (Å²) in [6.45, 7) is 1.98. The fourth-order valence-electron chi connectivity index (χ4n) is 1.41. The molecule has 1 aromatic heterocycles. The zero-order valence-electron chi connectivity index (χ0n) is 9.77. The summed E-state index contributed by atoms with van der Waals surface area (Å²) in [5.74, 6) is 1.27. The molecule has 2 aromatic rings. The number of halogens is 1. The highest BCUT2D eigenvalue weighted by atomic mass is 79.9. The van der Waals surface area contributed by atoms with E-state index >= 15 is 0 Å². The molecule has 1 heterocycles. The minimum absolute atomic E-state index is 0.0844. The van der Waals surface area contributed by atoms with E-state index in [0.717, 1.165) is 10.0 Å². The summed E-state index contributed by atoms with van der Waals surface area (Å²) in [6, 6.07) is 8.16. The Balaban J connectivity index is 2.08. The molecule has 2 rings (SSSR count). The maximum Gasteiger partial charge on any atom is 0.233 e. The lowest BCUT2D eigenvalue weighted by atomic mass is 10.1. The largest absolute Gasteiger partial charge is 0.423 e. The molecule has 5 heteroatoms. The Morgan fingerprint density at radius 2 is 2.00 bits per heavy atom. The van der Waals surface area contributed by atoms with Crippen molar-refractivity contribution in [2.75, 3.05) is 7.05 Å². The minimum atomic E-state index is 0.0844. The van der Waals surface area contributed by atoms with Gasteiger partial charge in [-0.05, 0) is 31.7 Å². The summed E-state index contributed by atoms with van der Waals surface area (Å²) in [5.41, 5.74) is 1.15. The number of hydrogen-bond donors (Lipinski definition) is 1. The van der Waals surface area contributed by atoms with E-state index in [1.807, 2.05) is 38.2 Å². The zero-order chi connectivity index (χ0) is 12.3. The predicted molar refractivity (Wildman–Crippen MR) is 68.7 cm³/mol. The molecular weight excluding hydrogens is 282 g/mol. The highest BCUT2D eigenvalue weighted by Gasteiger charge is 2.11. The lowest BCUT2D eigenvalue weighted by Gasteiger charge is -2.02. The Labute approximate surface area is 109 Å². The number of benzene rings is 1. The molecule has 1 unspecified atom stereocenters. The fraction of sp³-hybridized carbons (Fsp3) is 0.333. The number of nitrogens with zero attached hydrogens (tertiary/aromatic N) is 2. The standard InChI is InChI=1S/C12H14BrN3O/c1-8(14-2)12-16-15-11(17-12)7-9-3-5-10(13)6-4-9/h3-6,8,14H,7H2,1-2H3. The normalized spacial score (nSPS) is 12.6. The Kier molecular flexibility index (Phi) is 3.91. The van der Waals surface area contributed by atoms with E-state index in [9.17, 15) is 0 Å². The first-order valence-electron chi connectivity index (χ1n) is 5.43. The van der Waals surface area contributed by atoms with Crippen molar-refractivity contribution < 1.29 is 4.42 Å². The molecule has 0 spiro atoms. The van der Waals surface area contributed by atoms with Crippen LogP contribution in [0.25, 0.3) is 0 Å². The maximum absolute atomic E-state index is 5.57. The van der Waals surface area contributed by atoms with Crippen molar-refractivity contribution in [2.24, 2.45) is 0 Å². The van der Waals surface area contributed by atoms with Crippen molar-refractivity contribution in [1.82, 2.24) is 15.5 Å². The second-order valence-corrected chi connectivity index (χ2v) is 4.76. The average Bonchev–Trinajstić information content (AvgIpc) is 2.80. The molecule has 90 valence electrons. The van der Waals surface area contributed by atoms with Crippen LogP contribution in [0.1, 0.15) is 30.3 Å². The van der Waals surface area contributed by atoms with Gasteiger partial charge in [0.05, 0.1) is 12.5 Å². The van der Waals surface area contributed by atoms with Gasteiger partial charge in [-0.25, -0.2) is 0 Å². The van der Waals surface area contributed by atoms with Gasteiger partial charge >= 0.3 is 0 Å². The average molecular weight is 296 g/mol. The summed E-state index contributed by atoms with van der Waals surface area (Å²) >= 11 is 3.40. The molecule has 4 nitrogen and oxygen atoms in total. The van der Waals surface area contributed by atoms with Crippen LogP contribution in [0.2, 0.25) is 0 Å². The van der Waals surface area contributed by atoms with Gasteiger partial charge in [0, 0.05) is 4.47 Å². The summed E-state index contributed by atoms with van der Waals surface area (Å²) in [7, 11) is 1.86. The number of hydrogen-bond acceptors (Lipinski definition) is 4. The van der Waals surface area contributed by atoms with E-state index in [0.29, 0.717) is 18.2 Å². The highest BCUT2D eigenvalue weighted by Crippen LogP contribution is 2.15. The summed E-state index contributed by atoms with van der Waals surface area (Å²) in [4.78, 5) is 0. The van der Waals surface area contributed by atoms with Crippen LogP contribution < -0.4 is 5.32 Å². The van der Waals surface area contributed by atoms with Crippen LogP contribution in [-0.4, -0.2) is 17.2 Å². The summed E-state index contributed by atoms with van der Waals surface area (Å²) < 4.78 is 6.64. The van der Waals surface area contributed by atoms with E-state index in [1.54, 1.807) is 0 Å². The molecule has 0 radical (unpaired) electrons. The molecule has 1 N–H and O–H groups in total. The second-order valence-electron chi connectivity index (χ2n) is 3.85. The molecule has 0 aliphatic heterocycles. The van der Waals surface area contributed by atoms with Gasteiger partial charge in [0.2, 0.25) is 11.8 Å². The molecule has 1 aromatic carbocycles. The monoisotopic (exact) mass is 295 g/mol. The topological polar surface area (TPSA) is 51.0 Å². The molecule has 0 saturated carbocycles. The van der Waals surface area contributed by atoms with Gasteiger partial charge in [-0.15, -0.1) is 10.2 Å². The number of aromatic nitrogens is 2. The van der Waals surface area contributed by atoms with Gasteiger partial charge in [-0.1, -0.05) is 28.1 Å². The molecule has 0 amide bonds. The second kappa shape index (κ2) is 5.42. The third-order valence-corrected chi connectivity index (χ3v) is 3.08. The van der Waals surface area contributed by atoms with Gasteiger partial charge in [-0.2, -0.15) is 0 Å². The fourth-order valence-corrected chi connectivity index (χ4v) is 1.68. The SMILES string of the molecule is CNC(C)c1nnc(Cc2ccc(Br)cc2)o1. The molecule has 0 saturated heterocycles. The van der Waals surface area contributed by atoms with Gasteiger partial charge < -0.3 is 9.73 Å². The van der Waals surface area contributed by atoms with Gasteiger partial charge in [-0.3, -0.25) is 0 Å². The van der Waals surface area contributed by atoms with Crippen LogP contribution in [0, 0.1) is 0 Å². The van der Waals surface area contributed by atoms with Crippen molar-refractivity contribution >= 4 is 15.9 Å². The Bertz CT molecular complexity index is 481. The van der Waals surface area contributed by atoms with E-state index < -0.39 is 0 Å². The summed E-state index contributed by atoms with van der Waals surface area (Å²) in [6.07, 6.45) is 0.663. The molecule has 17 heavy (non-hydrogen) atoms. The number of nitrogens with one attached hydrogen (secondary N) is 1. The molecule has 0 bridgehead atoms. The third kappa shape index (κ3) is 3.14. The maximum atomic E-state index is 5.57. The first-order chi connectivity index (χ1) is 8.19. The Hall–Kier alpha value is -1.20. The first kappa shape index (κ1) is 12.3. The van der Waals surface area contributed by atoms with Crippen LogP contribution in [0.15, 0.2) is 33.2 Å². The molecule has 1 atom stereocenters. The van der Waals surface area contributed by atoms with E-state index in [2.05, 4.69) is 31.4 Å². The van der Waals surface area contributed by atoms with E-state index in [-0.39, 0.29) is 6.04 Å². The van der Waals surface area contributed by atoms with Crippen molar-refractivity contribution in [1.29, 1.82) is 0 Å². The van der Waals surface area contributed by atoms with Crippen LogP contribution >= 0.6 is 15.9 Å². The Morgan fingerprint density at radius 3 is 2.65 bits per heavy atom. The van der Waals surface area contributed by atoms with Gasteiger partial charge in [0.25, 0.3) is 0 Å². The lowest BCUT2D eigenvalue weighted by Crippen LogP contribution is -2.12. The van der Waals surface area contributed by atoms with Crippen molar-refractivity contribution in [3.63, 3.8) is 0 Å². The number of rotatable bonds is 4.